The lowest BCUT2D eigenvalue weighted by Gasteiger charge is -2.30. The minimum atomic E-state index is -0.215. The largest absolute Gasteiger partial charge is 0.465 e. The highest BCUT2D eigenvalue weighted by Gasteiger charge is 2.16. The molecule has 0 unspecified atom stereocenters. The third-order valence-electron chi connectivity index (χ3n) is 4.91. The lowest BCUT2D eigenvalue weighted by molar-refractivity contribution is -0.111. The van der Waals surface area contributed by atoms with Gasteiger partial charge in [0.2, 0.25) is 5.91 Å². The number of fused-ring (bicyclic) bond motifs is 1. The van der Waals surface area contributed by atoms with Crippen molar-refractivity contribution in [1.82, 2.24) is 9.88 Å². The van der Waals surface area contributed by atoms with E-state index in [4.69, 9.17) is 4.42 Å². The number of nitrogens with zero attached hydrogens (tertiary/aromatic N) is 2. The summed E-state index contributed by atoms with van der Waals surface area (Å²) in [5.41, 5.74) is 2.22. The second-order valence-corrected chi connectivity index (χ2v) is 8.15. The average Bonchev–Trinajstić information content (AvgIpc) is 3.31. The minimum Gasteiger partial charge on any atom is -0.465 e. The van der Waals surface area contributed by atoms with Crippen molar-refractivity contribution < 1.29 is 9.21 Å². The third kappa shape index (κ3) is 4.64. The summed E-state index contributed by atoms with van der Waals surface area (Å²) in [5, 5.41) is 3.44. The maximum absolute atomic E-state index is 12.1. The van der Waals surface area contributed by atoms with Crippen LogP contribution in [0.1, 0.15) is 31.1 Å². The molecule has 1 aliphatic rings. The van der Waals surface area contributed by atoms with Gasteiger partial charge in [0.1, 0.15) is 5.76 Å². The van der Waals surface area contributed by atoms with Gasteiger partial charge in [-0.1, -0.05) is 24.3 Å². The number of likely N-dealkylation sites (tertiary alicyclic amines) is 1. The number of piperidine rings is 1. The van der Waals surface area contributed by atoms with E-state index in [-0.39, 0.29) is 5.91 Å². The van der Waals surface area contributed by atoms with Crippen LogP contribution in [-0.4, -0.2) is 28.9 Å². The van der Waals surface area contributed by atoms with E-state index in [0.717, 1.165) is 22.7 Å². The molecule has 0 spiro atoms. The van der Waals surface area contributed by atoms with E-state index in [1.807, 2.05) is 6.07 Å². The summed E-state index contributed by atoms with van der Waals surface area (Å²) in [5.74, 6) is 1.28. The lowest BCUT2D eigenvalue weighted by atomic mass is 9.99. The molecule has 1 saturated heterocycles. The summed E-state index contributed by atoms with van der Waals surface area (Å²) in [4.78, 5) is 19.1. The van der Waals surface area contributed by atoms with Crippen molar-refractivity contribution in [2.24, 2.45) is 5.92 Å². The summed E-state index contributed by atoms with van der Waals surface area (Å²) in [6, 6.07) is 9.96. The monoisotopic (exact) mass is 381 g/mol. The van der Waals surface area contributed by atoms with Crippen LogP contribution in [0.2, 0.25) is 0 Å². The van der Waals surface area contributed by atoms with Gasteiger partial charge in [-0.3, -0.25) is 15.0 Å². The molecular formula is C21H23N3O2S. The molecule has 0 bridgehead atoms. The Kier molecular flexibility index (Phi) is 5.36. The summed E-state index contributed by atoms with van der Waals surface area (Å²) < 4.78 is 6.28. The highest BCUT2D eigenvalue weighted by atomic mass is 32.1. The SMILES string of the molecule is CC1CCN(Cc2ccc3nc(NC(=O)/C=C/c4ccco4)sc3c2)CC1. The number of amides is 1. The van der Waals surface area contributed by atoms with E-state index >= 15 is 0 Å². The predicted octanol–water partition coefficient (Wildman–Crippen LogP) is 4.77. The molecule has 140 valence electrons. The van der Waals surface area contributed by atoms with Crippen molar-refractivity contribution in [3.8, 4) is 0 Å². The molecule has 2 aromatic heterocycles. The van der Waals surface area contributed by atoms with E-state index in [0.29, 0.717) is 10.9 Å². The Morgan fingerprint density at radius 2 is 2.22 bits per heavy atom. The van der Waals surface area contributed by atoms with Gasteiger partial charge in [-0.05, 0) is 67.8 Å². The van der Waals surface area contributed by atoms with Crippen molar-refractivity contribution in [1.29, 1.82) is 0 Å². The fourth-order valence-corrected chi connectivity index (χ4v) is 4.22. The van der Waals surface area contributed by atoms with Gasteiger partial charge < -0.3 is 4.42 Å². The number of aromatic nitrogens is 1. The number of carbonyl (C=O) groups excluding carboxylic acids is 1. The van der Waals surface area contributed by atoms with E-state index in [1.165, 1.54) is 48.9 Å². The topological polar surface area (TPSA) is 58.4 Å². The molecule has 1 aromatic carbocycles. The summed E-state index contributed by atoms with van der Waals surface area (Å²) in [7, 11) is 0. The Balaban J connectivity index is 1.40. The van der Waals surface area contributed by atoms with Gasteiger partial charge >= 0.3 is 0 Å². The van der Waals surface area contributed by atoms with Gasteiger partial charge in [0, 0.05) is 12.6 Å². The predicted molar refractivity (Wildman–Crippen MR) is 110 cm³/mol. The molecular weight excluding hydrogens is 358 g/mol. The number of rotatable bonds is 5. The van der Waals surface area contributed by atoms with Gasteiger partial charge in [0.15, 0.2) is 5.13 Å². The molecule has 4 rings (SSSR count). The number of thiazole rings is 1. The molecule has 1 fully saturated rings. The smallest absolute Gasteiger partial charge is 0.250 e. The molecule has 1 amide bonds. The number of hydrogen-bond acceptors (Lipinski definition) is 5. The maximum Gasteiger partial charge on any atom is 0.250 e. The van der Waals surface area contributed by atoms with Gasteiger partial charge in [0.05, 0.1) is 16.5 Å². The molecule has 0 aliphatic carbocycles. The minimum absolute atomic E-state index is 0.215. The molecule has 1 N–H and O–H groups in total. The van der Waals surface area contributed by atoms with E-state index < -0.39 is 0 Å². The molecule has 0 saturated carbocycles. The van der Waals surface area contributed by atoms with Crippen molar-refractivity contribution in [2.75, 3.05) is 18.4 Å². The number of carbonyl (C=O) groups is 1. The molecule has 6 heteroatoms. The van der Waals surface area contributed by atoms with Gasteiger partial charge in [-0.2, -0.15) is 0 Å². The molecule has 5 nitrogen and oxygen atoms in total. The first-order valence-corrected chi connectivity index (χ1v) is 10.1. The number of anilines is 1. The summed E-state index contributed by atoms with van der Waals surface area (Å²) in [6.07, 6.45) is 7.23. The van der Waals surface area contributed by atoms with Crippen molar-refractivity contribution in [2.45, 2.75) is 26.3 Å². The van der Waals surface area contributed by atoms with Crippen LogP contribution in [0, 0.1) is 5.92 Å². The standard InChI is InChI=1S/C21H23N3O2S/c1-15-8-10-24(11-9-15)14-16-4-6-18-19(13-16)27-21(22-18)23-20(25)7-5-17-3-2-12-26-17/h2-7,12-13,15H,8-11,14H2,1H3,(H,22,23,25)/b7-5+. The molecule has 27 heavy (non-hydrogen) atoms. The molecule has 3 heterocycles. The normalized spacial score (nSPS) is 16.3. The Bertz CT molecular complexity index is 938. The van der Waals surface area contributed by atoms with Crippen LogP contribution in [0.4, 0.5) is 5.13 Å². The van der Waals surface area contributed by atoms with Crippen LogP contribution in [0.25, 0.3) is 16.3 Å². The Morgan fingerprint density at radius 1 is 1.37 bits per heavy atom. The Morgan fingerprint density at radius 3 is 3.00 bits per heavy atom. The first-order valence-electron chi connectivity index (χ1n) is 9.30. The zero-order valence-electron chi connectivity index (χ0n) is 15.4. The molecule has 1 aliphatic heterocycles. The van der Waals surface area contributed by atoms with Crippen LogP contribution < -0.4 is 5.32 Å². The van der Waals surface area contributed by atoms with Gasteiger partial charge in [-0.25, -0.2) is 4.98 Å². The van der Waals surface area contributed by atoms with Crippen LogP contribution >= 0.6 is 11.3 Å². The average molecular weight is 382 g/mol. The number of nitrogens with one attached hydrogen (secondary N) is 1. The zero-order valence-corrected chi connectivity index (χ0v) is 16.2. The van der Waals surface area contributed by atoms with Crippen molar-refractivity contribution in [3.63, 3.8) is 0 Å². The van der Waals surface area contributed by atoms with Crippen LogP contribution in [0.15, 0.2) is 47.1 Å². The fraction of sp³-hybridized carbons (Fsp3) is 0.333. The van der Waals surface area contributed by atoms with Crippen LogP contribution in [-0.2, 0) is 11.3 Å². The molecule has 0 atom stereocenters. The van der Waals surface area contributed by atoms with E-state index in [1.54, 1.807) is 24.5 Å². The van der Waals surface area contributed by atoms with E-state index in [9.17, 15) is 4.79 Å². The van der Waals surface area contributed by atoms with Crippen molar-refractivity contribution >= 4 is 38.7 Å². The second kappa shape index (κ2) is 8.06. The molecule has 0 radical (unpaired) electrons. The van der Waals surface area contributed by atoms with Crippen molar-refractivity contribution in [3.05, 3.63) is 54.0 Å². The third-order valence-corrected chi connectivity index (χ3v) is 5.84. The summed E-state index contributed by atoms with van der Waals surface area (Å²) in [6.45, 7) is 5.66. The zero-order chi connectivity index (χ0) is 18.6. The lowest BCUT2D eigenvalue weighted by Crippen LogP contribution is -2.32. The maximum atomic E-state index is 12.1. The molecule has 3 aromatic rings. The highest BCUT2D eigenvalue weighted by molar-refractivity contribution is 7.22. The Labute approximate surface area is 162 Å². The number of hydrogen-bond donors (Lipinski definition) is 1. The quantitative estimate of drug-likeness (QED) is 0.647. The Hall–Kier alpha value is -2.44. The van der Waals surface area contributed by atoms with E-state index in [2.05, 4.69) is 34.3 Å². The number of benzene rings is 1. The fourth-order valence-electron chi connectivity index (χ4n) is 3.29. The number of furan rings is 1. The van der Waals surface area contributed by atoms with Crippen LogP contribution in [0.5, 0.6) is 0 Å². The first kappa shape index (κ1) is 17.9. The van der Waals surface area contributed by atoms with Crippen LogP contribution in [0.3, 0.4) is 0 Å². The van der Waals surface area contributed by atoms with Gasteiger partial charge in [0.25, 0.3) is 0 Å². The second-order valence-electron chi connectivity index (χ2n) is 7.12. The highest BCUT2D eigenvalue weighted by Crippen LogP contribution is 2.28. The summed E-state index contributed by atoms with van der Waals surface area (Å²) >= 11 is 1.51. The first-order chi connectivity index (χ1) is 13.2. The van der Waals surface area contributed by atoms with Gasteiger partial charge in [-0.15, -0.1) is 0 Å².